The van der Waals surface area contributed by atoms with Gasteiger partial charge in [0, 0.05) is 31.1 Å². The summed E-state index contributed by atoms with van der Waals surface area (Å²) in [5, 5.41) is 7.18. The Morgan fingerprint density at radius 3 is 2.02 bits per heavy atom. The van der Waals surface area contributed by atoms with Gasteiger partial charge in [0.25, 0.3) is 5.91 Å². The Morgan fingerprint density at radius 1 is 0.745 bits per heavy atom. The molecule has 0 spiro atoms. The molecule has 0 radical (unpaired) electrons. The first kappa shape index (κ1) is 36.8. The number of ketones is 3. The lowest BCUT2D eigenvalue weighted by Crippen LogP contribution is -2.52. The molecule has 0 aliphatic heterocycles. The number of hydrogen-bond donors (Lipinski definition) is 3. The van der Waals surface area contributed by atoms with Gasteiger partial charge in [-0.3, -0.25) is 28.8 Å². The van der Waals surface area contributed by atoms with E-state index < -0.39 is 53.7 Å². The Bertz CT molecular complexity index is 1570. The molecule has 0 saturated carbocycles. The predicted molar refractivity (Wildman–Crippen MR) is 182 cm³/mol. The van der Waals surface area contributed by atoms with Crippen LogP contribution in [0.3, 0.4) is 0 Å². The minimum atomic E-state index is -1.13. The van der Waals surface area contributed by atoms with E-state index in [4.69, 9.17) is 5.73 Å². The van der Waals surface area contributed by atoms with E-state index >= 15 is 0 Å². The molecule has 3 rings (SSSR count). The van der Waals surface area contributed by atoms with Gasteiger partial charge in [0.1, 0.15) is 5.78 Å². The molecule has 4 atom stereocenters. The number of nitrogens with two attached hydrogens (primary N) is 1. The minimum Gasteiger partial charge on any atom is -0.369 e. The van der Waals surface area contributed by atoms with Gasteiger partial charge in [-0.1, -0.05) is 107 Å². The number of amides is 3. The van der Waals surface area contributed by atoms with Crippen molar-refractivity contribution in [3.63, 3.8) is 0 Å². The van der Waals surface area contributed by atoms with Gasteiger partial charge in [0.05, 0.1) is 12.6 Å². The van der Waals surface area contributed by atoms with Gasteiger partial charge in [-0.25, -0.2) is 0 Å². The first-order valence-corrected chi connectivity index (χ1v) is 16.3. The average Bonchev–Trinajstić information content (AvgIpc) is 3.04. The third kappa shape index (κ3) is 11.6. The zero-order chi connectivity index (χ0) is 34.5. The Balaban J connectivity index is 1.60. The molecule has 3 aromatic carbocycles. The molecule has 3 aromatic rings. The molecule has 0 saturated heterocycles. The fourth-order valence-corrected chi connectivity index (χ4v) is 5.67. The van der Waals surface area contributed by atoms with Crippen LogP contribution in [0, 0.1) is 23.7 Å². The lowest BCUT2D eigenvalue weighted by atomic mass is 9.88. The number of hydrogen-bond acceptors (Lipinski definition) is 6. The minimum absolute atomic E-state index is 0.0151. The highest BCUT2D eigenvalue weighted by atomic mass is 16.2. The topological polar surface area (TPSA) is 152 Å². The summed E-state index contributed by atoms with van der Waals surface area (Å²) in [4.78, 5) is 77.6. The third-order valence-electron chi connectivity index (χ3n) is 8.48. The largest absolute Gasteiger partial charge is 0.369 e. The second-order valence-electron chi connectivity index (χ2n) is 12.9. The van der Waals surface area contributed by atoms with Gasteiger partial charge in [0.2, 0.25) is 17.6 Å². The molecular formula is C38H47N3O6. The summed E-state index contributed by atoms with van der Waals surface area (Å²) in [6.07, 6.45) is 1.21. The Morgan fingerprint density at radius 2 is 1.38 bits per heavy atom. The molecule has 1 unspecified atom stereocenters. The molecule has 0 aromatic heterocycles. The van der Waals surface area contributed by atoms with E-state index in [0.717, 1.165) is 21.9 Å². The number of carbonyl (C=O) groups is 6. The fourth-order valence-electron chi connectivity index (χ4n) is 5.67. The maximum atomic E-state index is 13.5. The smallest absolute Gasteiger partial charge is 0.289 e. The van der Waals surface area contributed by atoms with Gasteiger partial charge < -0.3 is 16.4 Å². The summed E-state index contributed by atoms with van der Waals surface area (Å²) in [6.45, 7) is 7.04. The van der Waals surface area contributed by atoms with Crippen LogP contribution < -0.4 is 16.4 Å². The van der Waals surface area contributed by atoms with E-state index in [-0.39, 0.29) is 43.3 Å². The van der Waals surface area contributed by atoms with Crippen molar-refractivity contribution in [2.75, 3.05) is 6.54 Å². The molecule has 0 fully saturated rings. The summed E-state index contributed by atoms with van der Waals surface area (Å²) in [5.74, 6) is -5.22. The number of Topliss-reactive ketones (excluding diaryl/α,β-unsaturated/α-hetero) is 3. The molecule has 47 heavy (non-hydrogen) atoms. The highest BCUT2D eigenvalue weighted by Gasteiger charge is 2.34. The summed E-state index contributed by atoms with van der Waals surface area (Å²) in [5.41, 5.74) is 7.32. The van der Waals surface area contributed by atoms with Gasteiger partial charge >= 0.3 is 0 Å². The molecule has 0 bridgehead atoms. The van der Waals surface area contributed by atoms with E-state index in [2.05, 4.69) is 10.6 Å². The monoisotopic (exact) mass is 641 g/mol. The Kier molecular flexibility index (Phi) is 14.0. The fraction of sp³-hybridized carbons (Fsp3) is 0.421. The molecule has 9 nitrogen and oxygen atoms in total. The maximum absolute atomic E-state index is 13.5. The molecule has 0 aliphatic rings. The molecule has 9 heteroatoms. The second-order valence-corrected chi connectivity index (χ2v) is 12.9. The van der Waals surface area contributed by atoms with Crippen molar-refractivity contribution in [1.82, 2.24) is 10.6 Å². The number of carbonyl (C=O) groups excluding carboxylic acids is 6. The summed E-state index contributed by atoms with van der Waals surface area (Å²) < 4.78 is 0. The molecule has 250 valence electrons. The Hall–Kier alpha value is -4.66. The predicted octanol–water partition coefficient (Wildman–Crippen LogP) is 4.52. The van der Waals surface area contributed by atoms with Crippen LogP contribution in [0.2, 0.25) is 0 Å². The van der Waals surface area contributed by atoms with Crippen molar-refractivity contribution in [2.45, 2.75) is 72.3 Å². The van der Waals surface area contributed by atoms with E-state index in [0.29, 0.717) is 12.8 Å². The second kappa shape index (κ2) is 17.9. The first-order chi connectivity index (χ1) is 22.4. The van der Waals surface area contributed by atoms with Crippen LogP contribution in [0.5, 0.6) is 0 Å². The molecule has 4 N–H and O–H groups in total. The zero-order valence-electron chi connectivity index (χ0n) is 27.8. The highest BCUT2D eigenvalue weighted by Crippen LogP contribution is 2.21. The molecule has 3 amide bonds. The van der Waals surface area contributed by atoms with Gasteiger partial charge in [-0.05, 0) is 46.6 Å². The summed E-state index contributed by atoms with van der Waals surface area (Å²) in [7, 11) is 0. The normalized spacial score (nSPS) is 13.7. The van der Waals surface area contributed by atoms with Gasteiger partial charge in [-0.2, -0.15) is 0 Å². The van der Waals surface area contributed by atoms with E-state index in [1.807, 2.05) is 93.6 Å². The van der Waals surface area contributed by atoms with Crippen molar-refractivity contribution in [3.05, 3.63) is 83.9 Å². The van der Waals surface area contributed by atoms with Gasteiger partial charge in [-0.15, -0.1) is 0 Å². The number of nitrogens with one attached hydrogen (secondary N) is 2. The van der Waals surface area contributed by atoms with Crippen molar-refractivity contribution in [2.24, 2.45) is 29.4 Å². The average molecular weight is 642 g/mol. The van der Waals surface area contributed by atoms with Crippen LogP contribution in [-0.2, 0) is 41.6 Å². The molecule has 0 aliphatic carbocycles. The molecular weight excluding hydrogens is 594 g/mol. The van der Waals surface area contributed by atoms with E-state index in [9.17, 15) is 28.8 Å². The standard InChI is InChI=1S/C38H47N3O6/c1-5-25(4)34(41-37(46)31(17-24(2)3)22-32(42)20-26-11-7-6-8-12-26)35(44)38(47)40-23-33(43)21-30(36(39)45)19-27-15-16-28-13-9-10-14-29(28)18-27/h6-16,18,24-25,30-31,34H,5,17,19-23H2,1-4H3,(H2,39,45)(H,40,47)(H,41,46)/t25-,30+,31+,34?/m0/s1. The highest BCUT2D eigenvalue weighted by molar-refractivity contribution is 6.38. The number of primary amides is 1. The van der Waals surface area contributed by atoms with Crippen LogP contribution in [0.25, 0.3) is 10.8 Å². The molecule has 0 heterocycles. The quantitative estimate of drug-likeness (QED) is 0.164. The lowest BCUT2D eigenvalue weighted by Gasteiger charge is -2.26. The van der Waals surface area contributed by atoms with E-state index in [1.54, 1.807) is 6.92 Å². The SMILES string of the molecule is CC[C@H](C)C(NC(=O)[C@@H](CC(=O)Cc1ccccc1)CC(C)C)C(=O)C(=O)NCC(=O)C[C@@H](Cc1ccc2ccccc2c1)C(N)=O. The maximum Gasteiger partial charge on any atom is 0.289 e. The van der Waals surface area contributed by atoms with Crippen LogP contribution in [0.4, 0.5) is 0 Å². The lowest BCUT2D eigenvalue weighted by molar-refractivity contribution is -0.142. The third-order valence-corrected chi connectivity index (χ3v) is 8.48. The number of rotatable bonds is 19. The van der Waals surface area contributed by atoms with Crippen molar-refractivity contribution in [1.29, 1.82) is 0 Å². The number of fused-ring (bicyclic) bond motifs is 1. The van der Waals surface area contributed by atoms with Crippen LogP contribution in [0.1, 0.15) is 64.5 Å². The van der Waals surface area contributed by atoms with Gasteiger partial charge in [0.15, 0.2) is 5.78 Å². The van der Waals surface area contributed by atoms with Crippen LogP contribution >= 0.6 is 0 Å². The zero-order valence-corrected chi connectivity index (χ0v) is 27.8. The van der Waals surface area contributed by atoms with Crippen molar-refractivity contribution in [3.8, 4) is 0 Å². The summed E-state index contributed by atoms with van der Waals surface area (Å²) >= 11 is 0. The van der Waals surface area contributed by atoms with Crippen LogP contribution in [-0.4, -0.2) is 47.7 Å². The number of benzene rings is 3. The van der Waals surface area contributed by atoms with Crippen molar-refractivity contribution >= 4 is 45.8 Å². The van der Waals surface area contributed by atoms with Crippen molar-refractivity contribution < 1.29 is 28.8 Å². The Labute approximate surface area is 277 Å². The summed E-state index contributed by atoms with van der Waals surface area (Å²) in [6, 6.07) is 21.7. The van der Waals surface area contributed by atoms with Crippen LogP contribution in [0.15, 0.2) is 72.8 Å². The first-order valence-electron chi connectivity index (χ1n) is 16.3. The van der Waals surface area contributed by atoms with E-state index in [1.165, 1.54) is 0 Å².